The largest absolute Gasteiger partial charge is 0.508 e. The molecule has 2 aromatic carbocycles. The Morgan fingerprint density at radius 1 is 1.00 bits per heavy atom. The predicted molar refractivity (Wildman–Crippen MR) is 66.8 cm³/mol. The Bertz CT molecular complexity index is 612. The fourth-order valence-corrected chi connectivity index (χ4v) is 1.51. The summed E-state index contributed by atoms with van der Waals surface area (Å²) in [7, 11) is 0. The monoisotopic (exact) mass is 239 g/mol. The number of carbonyl (C=O) groups is 1. The van der Waals surface area contributed by atoms with Crippen LogP contribution in [0.4, 0.5) is 5.69 Å². The van der Waals surface area contributed by atoms with E-state index in [2.05, 4.69) is 10.0 Å². The van der Waals surface area contributed by atoms with E-state index in [1.807, 2.05) is 0 Å². The summed E-state index contributed by atoms with van der Waals surface area (Å²) >= 11 is 0. The van der Waals surface area contributed by atoms with Crippen LogP contribution in [0.15, 0.2) is 53.6 Å². The van der Waals surface area contributed by atoms with Gasteiger partial charge < -0.3 is 5.11 Å². The number of hydrogen-bond donors (Lipinski definition) is 1. The van der Waals surface area contributed by atoms with Gasteiger partial charge in [0.2, 0.25) is 0 Å². The van der Waals surface area contributed by atoms with Gasteiger partial charge in [-0.15, -0.1) is 0 Å². The topological polar surface area (TPSA) is 86.1 Å². The maximum absolute atomic E-state index is 12.0. The summed E-state index contributed by atoms with van der Waals surface area (Å²) in [6.45, 7) is 0. The quantitative estimate of drug-likeness (QED) is 0.384. The minimum atomic E-state index is -0.150. The van der Waals surface area contributed by atoms with Crippen molar-refractivity contribution in [3.8, 4) is 5.75 Å². The van der Waals surface area contributed by atoms with Crippen molar-refractivity contribution >= 4 is 11.5 Å². The van der Waals surface area contributed by atoms with Crippen LogP contribution in [0, 0.1) is 0 Å². The van der Waals surface area contributed by atoms with Gasteiger partial charge in [-0.1, -0.05) is 29.4 Å². The van der Waals surface area contributed by atoms with Crippen molar-refractivity contribution in [2.45, 2.75) is 0 Å². The summed E-state index contributed by atoms with van der Waals surface area (Å²) in [5.74, 6) is -0.0345. The summed E-state index contributed by atoms with van der Waals surface area (Å²) in [5, 5.41) is 12.6. The van der Waals surface area contributed by atoms with Gasteiger partial charge >= 0.3 is 0 Å². The number of benzene rings is 2. The van der Waals surface area contributed by atoms with Gasteiger partial charge in [0.15, 0.2) is 5.78 Å². The molecule has 0 fully saturated rings. The third-order valence-corrected chi connectivity index (χ3v) is 2.42. The molecule has 0 atom stereocenters. The van der Waals surface area contributed by atoms with Crippen LogP contribution in [0.2, 0.25) is 0 Å². The molecule has 0 unspecified atom stereocenters. The molecule has 0 heterocycles. The number of ketones is 1. The second kappa shape index (κ2) is 5.03. The molecular weight excluding hydrogens is 230 g/mol. The lowest BCUT2D eigenvalue weighted by Gasteiger charge is -2.01. The van der Waals surface area contributed by atoms with E-state index in [1.54, 1.807) is 36.4 Å². The average molecular weight is 239 g/mol. The van der Waals surface area contributed by atoms with Crippen molar-refractivity contribution in [2.75, 3.05) is 0 Å². The summed E-state index contributed by atoms with van der Waals surface area (Å²) in [6.07, 6.45) is 0. The number of nitrogens with zero attached hydrogens (tertiary/aromatic N) is 3. The minimum absolute atomic E-state index is 0.116. The Morgan fingerprint density at radius 3 is 2.00 bits per heavy atom. The van der Waals surface area contributed by atoms with Gasteiger partial charge in [0.1, 0.15) is 5.75 Å². The molecule has 18 heavy (non-hydrogen) atoms. The third kappa shape index (κ3) is 2.48. The summed E-state index contributed by atoms with van der Waals surface area (Å²) in [6, 6.07) is 12.4. The molecule has 5 nitrogen and oxygen atoms in total. The van der Waals surface area contributed by atoms with E-state index in [1.165, 1.54) is 12.1 Å². The Hall–Kier alpha value is -2.78. The molecule has 2 aromatic rings. The first-order valence-electron chi connectivity index (χ1n) is 5.19. The van der Waals surface area contributed by atoms with E-state index in [4.69, 9.17) is 10.6 Å². The SMILES string of the molecule is [N-]=[N+]=Nc1ccc(C(=O)c2ccc(O)cc2)cc1. The van der Waals surface area contributed by atoms with E-state index in [0.717, 1.165) is 0 Å². The Morgan fingerprint density at radius 2 is 1.50 bits per heavy atom. The molecule has 0 amide bonds. The second-order valence-electron chi connectivity index (χ2n) is 3.61. The molecular formula is C13H9N3O2. The van der Waals surface area contributed by atoms with Gasteiger partial charge in [-0.3, -0.25) is 4.79 Å². The van der Waals surface area contributed by atoms with Crippen LogP contribution >= 0.6 is 0 Å². The van der Waals surface area contributed by atoms with Crippen LogP contribution in [0.25, 0.3) is 10.4 Å². The highest BCUT2D eigenvalue weighted by Crippen LogP contribution is 2.17. The molecule has 0 aliphatic heterocycles. The molecule has 0 spiro atoms. The number of phenolic OH excluding ortho intramolecular Hbond substituents is 1. The van der Waals surface area contributed by atoms with Crippen LogP contribution in [-0.4, -0.2) is 10.9 Å². The molecule has 1 N–H and O–H groups in total. The Kier molecular flexibility index (Phi) is 3.27. The van der Waals surface area contributed by atoms with Crippen molar-refractivity contribution in [2.24, 2.45) is 5.11 Å². The lowest BCUT2D eigenvalue weighted by molar-refractivity contribution is 0.103. The molecule has 0 saturated carbocycles. The number of rotatable bonds is 3. The zero-order valence-corrected chi connectivity index (χ0v) is 9.32. The molecule has 0 aliphatic carbocycles. The molecule has 2 rings (SSSR count). The first-order valence-corrected chi connectivity index (χ1v) is 5.19. The number of carbonyl (C=O) groups excluding carboxylic acids is 1. The number of azide groups is 1. The zero-order chi connectivity index (χ0) is 13.0. The Labute approximate surface area is 103 Å². The molecule has 0 aromatic heterocycles. The van der Waals surface area contributed by atoms with Crippen molar-refractivity contribution in [1.82, 2.24) is 0 Å². The van der Waals surface area contributed by atoms with E-state index >= 15 is 0 Å². The van der Waals surface area contributed by atoms with Crippen LogP contribution in [-0.2, 0) is 0 Å². The third-order valence-electron chi connectivity index (χ3n) is 2.42. The molecule has 0 radical (unpaired) electrons. The van der Waals surface area contributed by atoms with Gasteiger partial charge in [0.25, 0.3) is 0 Å². The van der Waals surface area contributed by atoms with Crippen LogP contribution < -0.4 is 0 Å². The van der Waals surface area contributed by atoms with Crippen molar-refractivity contribution in [3.63, 3.8) is 0 Å². The van der Waals surface area contributed by atoms with Crippen molar-refractivity contribution in [1.29, 1.82) is 0 Å². The summed E-state index contributed by atoms with van der Waals surface area (Å²) < 4.78 is 0. The highest BCUT2D eigenvalue weighted by molar-refractivity contribution is 6.09. The Balaban J connectivity index is 2.28. The van der Waals surface area contributed by atoms with Crippen LogP contribution in [0.3, 0.4) is 0 Å². The molecule has 5 heteroatoms. The molecule has 0 bridgehead atoms. The normalized spacial score (nSPS) is 9.56. The lowest BCUT2D eigenvalue weighted by Crippen LogP contribution is -2.00. The number of aromatic hydroxyl groups is 1. The lowest BCUT2D eigenvalue weighted by atomic mass is 10.0. The fourth-order valence-electron chi connectivity index (χ4n) is 1.51. The van der Waals surface area contributed by atoms with E-state index in [9.17, 15) is 4.79 Å². The molecule has 88 valence electrons. The van der Waals surface area contributed by atoms with Crippen molar-refractivity contribution < 1.29 is 9.90 Å². The van der Waals surface area contributed by atoms with Crippen LogP contribution in [0.5, 0.6) is 5.75 Å². The van der Waals surface area contributed by atoms with E-state index in [-0.39, 0.29) is 11.5 Å². The molecule has 0 aliphatic rings. The standard InChI is InChI=1S/C13H9N3O2/c14-16-15-11-5-1-9(2-6-11)13(18)10-3-7-12(17)8-4-10/h1-8,17H. The first kappa shape index (κ1) is 11.7. The predicted octanol–water partition coefficient (Wildman–Crippen LogP) is 3.57. The van der Waals surface area contributed by atoms with Gasteiger partial charge in [-0.05, 0) is 29.8 Å². The van der Waals surface area contributed by atoms with Gasteiger partial charge in [0, 0.05) is 21.7 Å². The second-order valence-corrected chi connectivity index (χ2v) is 3.61. The maximum atomic E-state index is 12.0. The maximum Gasteiger partial charge on any atom is 0.193 e. The number of hydrogen-bond acceptors (Lipinski definition) is 3. The number of phenols is 1. The summed E-state index contributed by atoms with van der Waals surface area (Å²) in [5.41, 5.74) is 9.72. The molecule has 0 saturated heterocycles. The fraction of sp³-hybridized carbons (Fsp3) is 0. The smallest absolute Gasteiger partial charge is 0.193 e. The van der Waals surface area contributed by atoms with Gasteiger partial charge in [0.05, 0.1) is 0 Å². The minimum Gasteiger partial charge on any atom is -0.508 e. The summed E-state index contributed by atoms with van der Waals surface area (Å²) in [4.78, 5) is 14.7. The van der Waals surface area contributed by atoms with Gasteiger partial charge in [-0.2, -0.15) is 0 Å². The first-order chi connectivity index (χ1) is 8.70. The highest BCUT2D eigenvalue weighted by Gasteiger charge is 2.08. The van der Waals surface area contributed by atoms with E-state index < -0.39 is 0 Å². The van der Waals surface area contributed by atoms with Gasteiger partial charge in [-0.25, -0.2) is 0 Å². The zero-order valence-electron chi connectivity index (χ0n) is 9.32. The van der Waals surface area contributed by atoms with Crippen LogP contribution in [0.1, 0.15) is 15.9 Å². The van der Waals surface area contributed by atoms with E-state index in [0.29, 0.717) is 16.8 Å². The average Bonchev–Trinajstić information content (AvgIpc) is 2.40. The van der Waals surface area contributed by atoms with Crippen molar-refractivity contribution in [3.05, 3.63) is 70.1 Å². The highest BCUT2D eigenvalue weighted by atomic mass is 16.3.